The molecule has 3 heterocycles. The molecule has 1 aliphatic rings. The lowest BCUT2D eigenvalue weighted by Crippen LogP contribution is -2.48. The Morgan fingerprint density at radius 2 is 2.36 bits per heavy atom. The summed E-state index contributed by atoms with van der Waals surface area (Å²) in [6.07, 6.45) is 4.91. The van der Waals surface area contributed by atoms with Crippen LogP contribution in [0.2, 0.25) is 0 Å². The molecule has 1 atom stereocenters. The average molecular weight is 321 g/mol. The van der Waals surface area contributed by atoms with Crippen LogP contribution >= 0.6 is 11.3 Å². The van der Waals surface area contributed by atoms with Gasteiger partial charge < -0.3 is 10.6 Å². The Kier molecular flexibility index (Phi) is 4.05. The molecule has 3 rings (SSSR count). The molecule has 8 nitrogen and oxygen atoms in total. The second-order valence-corrected chi connectivity index (χ2v) is 5.85. The summed E-state index contributed by atoms with van der Waals surface area (Å²) in [4.78, 5) is 39.9. The van der Waals surface area contributed by atoms with Crippen LogP contribution in [-0.2, 0) is 16.0 Å². The van der Waals surface area contributed by atoms with Crippen molar-refractivity contribution in [3.63, 3.8) is 0 Å². The van der Waals surface area contributed by atoms with E-state index in [0.717, 1.165) is 10.7 Å². The zero-order chi connectivity index (χ0) is 15.5. The van der Waals surface area contributed by atoms with E-state index in [2.05, 4.69) is 20.9 Å². The Morgan fingerprint density at radius 3 is 3.18 bits per heavy atom. The highest BCUT2D eigenvalue weighted by molar-refractivity contribution is 7.15. The van der Waals surface area contributed by atoms with E-state index in [0.29, 0.717) is 19.4 Å². The van der Waals surface area contributed by atoms with E-state index >= 15 is 0 Å². The summed E-state index contributed by atoms with van der Waals surface area (Å²) in [6, 6.07) is -1.31. The minimum absolute atomic E-state index is 0.147. The highest BCUT2D eigenvalue weighted by Crippen LogP contribution is 2.11. The monoisotopic (exact) mass is 321 g/mol. The number of nitrogens with one attached hydrogen (secondary N) is 3. The molecule has 0 aliphatic carbocycles. The molecule has 1 fully saturated rings. The quantitative estimate of drug-likeness (QED) is 0.739. The van der Waals surface area contributed by atoms with Crippen LogP contribution in [0, 0.1) is 0 Å². The number of thiazole rings is 1. The van der Waals surface area contributed by atoms with Gasteiger partial charge in [0.15, 0.2) is 4.96 Å². The number of urea groups is 1. The summed E-state index contributed by atoms with van der Waals surface area (Å²) in [6.45, 7) is 0.428. The van der Waals surface area contributed by atoms with Gasteiger partial charge in [0, 0.05) is 37.2 Å². The Morgan fingerprint density at radius 1 is 1.50 bits per heavy atom. The van der Waals surface area contributed by atoms with Gasteiger partial charge in [0.05, 0.1) is 5.69 Å². The molecular formula is C13H15N5O3S. The van der Waals surface area contributed by atoms with Crippen molar-refractivity contribution in [1.29, 1.82) is 0 Å². The zero-order valence-corrected chi connectivity index (χ0v) is 12.5. The van der Waals surface area contributed by atoms with Crippen LogP contribution in [0.5, 0.6) is 0 Å². The van der Waals surface area contributed by atoms with E-state index in [1.54, 1.807) is 11.3 Å². The Hall–Kier alpha value is -2.42. The van der Waals surface area contributed by atoms with Crippen LogP contribution < -0.4 is 16.0 Å². The van der Waals surface area contributed by atoms with Gasteiger partial charge in [-0.05, 0) is 6.42 Å². The van der Waals surface area contributed by atoms with Gasteiger partial charge in [-0.1, -0.05) is 0 Å². The van der Waals surface area contributed by atoms with E-state index in [1.165, 1.54) is 0 Å². The van der Waals surface area contributed by atoms with Crippen molar-refractivity contribution in [2.75, 3.05) is 6.54 Å². The lowest BCUT2D eigenvalue weighted by atomic mass is 10.1. The summed E-state index contributed by atoms with van der Waals surface area (Å²) < 4.78 is 1.94. The van der Waals surface area contributed by atoms with Crippen molar-refractivity contribution in [3.8, 4) is 0 Å². The van der Waals surface area contributed by atoms with Gasteiger partial charge in [0.25, 0.3) is 0 Å². The maximum Gasteiger partial charge on any atom is 0.322 e. The first-order valence-corrected chi connectivity index (χ1v) is 7.79. The highest BCUT2D eigenvalue weighted by Gasteiger charge is 2.25. The van der Waals surface area contributed by atoms with Gasteiger partial charge in [-0.25, -0.2) is 9.78 Å². The van der Waals surface area contributed by atoms with Crippen LogP contribution in [0.15, 0.2) is 17.8 Å². The van der Waals surface area contributed by atoms with Crippen molar-refractivity contribution in [3.05, 3.63) is 23.5 Å². The molecule has 0 bridgehead atoms. The first-order chi connectivity index (χ1) is 10.6. The third-order valence-corrected chi connectivity index (χ3v) is 4.13. The second-order valence-electron chi connectivity index (χ2n) is 4.98. The van der Waals surface area contributed by atoms with Gasteiger partial charge in [-0.2, -0.15) is 0 Å². The fourth-order valence-electron chi connectivity index (χ4n) is 2.26. The number of hydrogen-bond acceptors (Lipinski definition) is 5. The number of imide groups is 1. The molecule has 9 heteroatoms. The van der Waals surface area contributed by atoms with Crippen molar-refractivity contribution in [2.24, 2.45) is 0 Å². The minimum atomic E-state index is -0.683. The SMILES string of the molecule is O=C1CC[C@@H](C(=O)NCCc2cn3ccsc3n2)NC(=O)N1. The van der Waals surface area contributed by atoms with Gasteiger partial charge >= 0.3 is 6.03 Å². The summed E-state index contributed by atoms with van der Waals surface area (Å²) in [5.74, 6) is -0.656. The standard InChI is InChI=1S/C13H15N5O3S/c19-10-2-1-9(16-12(21)17-10)11(20)14-4-3-8-7-18-5-6-22-13(18)15-8/h5-7,9H,1-4H2,(H,14,20)(H2,16,17,19,21)/t9-/m0/s1. The number of hydrogen-bond donors (Lipinski definition) is 3. The number of nitrogens with zero attached hydrogens (tertiary/aromatic N) is 2. The second kappa shape index (κ2) is 6.14. The van der Waals surface area contributed by atoms with E-state index < -0.39 is 12.1 Å². The number of carbonyl (C=O) groups is 3. The molecule has 0 saturated carbocycles. The molecule has 0 spiro atoms. The topological polar surface area (TPSA) is 105 Å². The molecule has 0 radical (unpaired) electrons. The Labute approximate surface area is 129 Å². The normalized spacial score (nSPS) is 18.6. The predicted octanol–water partition coefficient (Wildman–Crippen LogP) is 0.0427. The smallest absolute Gasteiger partial charge is 0.322 e. The van der Waals surface area contributed by atoms with Crippen LogP contribution in [0.3, 0.4) is 0 Å². The largest absolute Gasteiger partial charge is 0.354 e. The fourth-order valence-corrected chi connectivity index (χ4v) is 2.98. The number of imidazole rings is 1. The molecule has 0 aromatic carbocycles. The Bertz CT molecular complexity index is 694. The van der Waals surface area contributed by atoms with Crippen molar-refractivity contribution in [2.45, 2.75) is 25.3 Å². The van der Waals surface area contributed by atoms with Crippen LogP contribution in [-0.4, -0.2) is 39.8 Å². The molecule has 1 saturated heterocycles. The van der Waals surface area contributed by atoms with Gasteiger partial charge in [0.1, 0.15) is 6.04 Å². The lowest BCUT2D eigenvalue weighted by molar-refractivity contribution is -0.123. The van der Waals surface area contributed by atoms with Crippen LogP contribution in [0.25, 0.3) is 4.96 Å². The molecule has 116 valence electrons. The van der Waals surface area contributed by atoms with E-state index in [4.69, 9.17) is 0 Å². The molecule has 2 aromatic rings. The molecule has 4 amide bonds. The summed E-state index contributed by atoms with van der Waals surface area (Å²) in [5.41, 5.74) is 0.897. The number of amides is 4. The van der Waals surface area contributed by atoms with Gasteiger partial charge in [0.2, 0.25) is 11.8 Å². The number of carbonyl (C=O) groups excluding carboxylic acids is 3. The molecule has 3 N–H and O–H groups in total. The third kappa shape index (κ3) is 3.25. The zero-order valence-electron chi connectivity index (χ0n) is 11.7. The average Bonchev–Trinajstić information content (AvgIpc) is 2.99. The maximum absolute atomic E-state index is 12.0. The minimum Gasteiger partial charge on any atom is -0.354 e. The third-order valence-electron chi connectivity index (χ3n) is 3.36. The van der Waals surface area contributed by atoms with Gasteiger partial charge in [-0.15, -0.1) is 11.3 Å². The fraction of sp³-hybridized carbons (Fsp3) is 0.385. The van der Waals surface area contributed by atoms with E-state index in [-0.39, 0.29) is 18.2 Å². The van der Waals surface area contributed by atoms with Crippen LogP contribution in [0.4, 0.5) is 4.79 Å². The van der Waals surface area contributed by atoms with Crippen molar-refractivity contribution in [1.82, 2.24) is 25.3 Å². The number of aromatic nitrogens is 2. The summed E-state index contributed by atoms with van der Waals surface area (Å²) >= 11 is 1.55. The molecule has 22 heavy (non-hydrogen) atoms. The molecule has 1 aliphatic heterocycles. The molecule has 0 unspecified atom stereocenters. The van der Waals surface area contributed by atoms with Crippen LogP contribution in [0.1, 0.15) is 18.5 Å². The maximum atomic E-state index is 12.0. The number of fused-ring (bicyclic) bond motifs is 1. The molecular weight excluding hydrogens is 306 g/mol. The first kappa shape index (κ1) is 14.5. The Balaban J connectivity index is 1.50. The van der Waals surface area contributed by atoms with Crippen molar-refractivity contribution < 1.29 is 14.4 Å². The first-order valence-electron chi connectivity index (χ1n) is 6.91. The number of rotatable bonds is 4. The highest BCUT2D eigenvalue weighted by atomic mass is 32.1. The lowest BCUT2D eigenvalue weighted by Gasteiger charge is -2.14. The van der Waals surface area contributed by atoms with E-state index in [1.807, 2.05) is 22.2 Å². The summed E-state index contributed by atoms with van der Waals surface area (Å²) in [5, 5.41) is 9.33. The molecule has 2 aromatic heterocycles. The predicted molar refractivity (Wildman–Crippen MR) is 79.5 cm³/mol. The van der Waals surface area contributed by atoms with E-state index in [9.17, 15) is 14.4 Å². The van der Waals surface area contributed by atoms with Gasteiger partial charge in [-0.3, -0.25) is 19.3 Å². The summed E-state index contributed by atoms with van der Waals surface area (Å²) in [7, 11) is 0. The van der Waals surface area contributed by atoms with Crippen molar-refractivity contribution >= 4 is 34.1 Å².